The summed E-state index contributed by atoms with van der Waals surface area (Å²) in [4.78, 5) is 8.93. The van der Waals surface area contributed by atoms with Crippen molar-refractivity contribution in [2.45, 2.75) is 37.2 Å². The first kappa shape index (κ1) is 24.3. The summed E-state index contributed by atoms with van der Waals surface area (Å²) in [6.07, 6.45) is 3.02. The molecule has 2 aromatic heterocycles. The van der Waals surface area contributed by atoms with Gasteiger partial charge in [-0.15, -0.1) is 0 Å². The lowest BCUT2D eigenvalue weighted by Gasteiger charge is -2.24. The van der Waals surface area contributed by atoms with Gasteiger partial charge in [-0.1, -0.05) is 29.8 Å². The first-order valence-corrected chi connectivity index (χ1v) is 12.9. The van der Waals surface area contributed by atoms with Crippen LogP contribution < -0.4 is 15.4 Å². The molecule has 4 rings (SSSR count). The molecule has 3 heterocycles. The third kappa shape index (κ3) is 5.43. The minimum absolute atomic E-state index is 0.139. The summed E-state index contributed by atoms with van der Waals surface area (Å²) in [6.45, 7) is 3.36. The number of nitrogens with zero attached hydrogens (tertiary/aromatic N) is 3. The zero-order valence-corrected chi connectivity index (χ0v) is 20.7. The minimum Gasteiger partial charge on any atom is -0.495 e. The molecule has 1 aliphatic heterocycles. The van der Waals surface area contributed by atoms with Gasteiger partial charge in [0.15, 0.2) is 0 Å². The van der Waals surface area contributed by atoms with Crippen molar-refractivity contribution in [3.8, 4) is 5.75 Å². The molecule has 0 radical (unpaired) electrons. The van der Waals surface area contributed by atoms with Crippen LogP contribution in [0.2, 0.25) is 5.02 Å². The summed E-state index contributed by atoms with van der Waals surface area (Å²) in [7, 11) is -2.08. The van der Waals surface area contributed by atoms with Crippen LogP contribution >= 0.6 is 11.6 Å². The highest BCUT2D eigenvalue weighted by molar-refractivity contribution is 7.89. The monoisotopic (exact) mass is 501 g/mol. The van der Waals surface area contributed by atoms with Crippen molar-refractivity contribution in [2.24, 2.45) is 0 Å². The average Bonchev–Trinajstić information content (AvgIpc) is 3.31. The number of hydrogen-bond acceptors (Lipinski definition) is 7. The van der Waals surface area contributed by atoms with Crippen LogP contribution in [0.4, 0.5) is 11.6 Å². The molecule has 0 saturated carbocycles. The molecule has 1 atom stereocenters. The van der Waals surface area contributed by atoms with Crippen molar-refractivity contribution in [3.63, 3.8) is 0 Å². The van der Waals surface area contributed by atoms with E-state index in [1.807, 2.05) is 37.3 Å². The van der Waals surface area contributed by atoms with E-state index in [1.165, 1.54) is 6.20 Å². The molecule has 1 fully saturated rings. The molecule has 1 aromatic carbocycles. The first-order valence-electron chi connectivity index (χ1n) is 11.1. The van der Waals surface area contributed by atoms with Gasteiger partial charge in [-0.3, -0.25) is 0 Å². The highest BCUT2D eigenvalue weighted by atomic mass is 35.5. The Labute approximate surface area is 205 Å². The molecule has 1 aliphatic rings. The van der Waals surface area contributed by atoms with Crippen LogP contribution in [0.1, 0.15) is 24.1 Å². The molecule has 180 valence electrons. The predicted molar refractivity (Wildman–Crippen MR) is 134 cm³/mol. The largest absolute Gasteiger partial charge is 0.495 e. The number of aryl methyl sites for hydroxylation is 1. The van der Waals surface area contributed by atoms with Crippen molar-refractivity contribution in [1.82, 2.24) is 14.3 Å². The molecule has 34 heavy (non-hydrogen) atoms. The fourth-order valence-electron chi connectivity index (χ4n) is 4.07. The number of rotatable bonds is 9. The number of sulfonamides is 1. The van der Waals surface area contributed by atoms with E-state index < -0.39 is 10.0 Å². The topological polar surface area (TPSA) is 96.5 Å². The predicted octanol–water partition coefficient (Wildman–Crippen LogP) is 4.32. The van der Waals surface area contributed by atoms with Gasteiger partial charge < -0.3 is 15.4 Å². The van der Waals surface area contributed by atoms with Crippen LogP contribution in [-0.4, -0.2) is 48.9 Å². The Bertz CT molecular complexity index is 1240. The number of halogens is 1. The van der Waals surface area contributed by atoms with Gasteiger partial charge in [0.05, 0.1) is 12.1 Å². The molecule has 1 unspecified atom stereocenters. The van der Waals surface area contributed by atoms with E-state index in [2.05, 4.69) is 20.6 Å². The van der Waals surface area contributed by atoms with E-state index in [9.17, 15) is 8.42 Å². The molecule has 0 spiro atoms. The van der Waals surface area contributed by atoms with Gasteiger partial charge in [-0.05, 0) is 50.1 Å². The van der Waals surface area contributed by atoms with Gasteiger partial charge in [-0.2, -0.15) is 4.31 Å². The number of ether oxygens (including phenoxy) is 1. The second-order valence-electron chi connectivity index (χ2n) is 8.12. The molecular weight excluding hydrogens is 474 g/mol. The number of hydrogen-bond donors (Lipinski definition) is 2. The lowest BCUT2D eigenvalue weighted by Crippen LogP contribution is -2.39. The maximum Gasteiger partial charge on any atom is 0.244 e. The molecule has 10 heteroatoms. The Kier molecular flexibility index (Phi) is 7.55. The van der Waals surface area contributed by atoms with E-state index in [1.54, 1.807) is 29.6 Å². The van der Waals surface area contributed by atoms with Gasteiger partial charge in [0.2, 0.25) is 10.0 Å². The summed E-state index contributed by atoms with van der Waals surface area (Å²) < 4.78 is 33.6. The van der Waals surface area contributed by atoms with Crippen LogP contribution in [0.15, 0.2) is 59.6 Å². The second kappa shape index (κ2) is 10.6. The molecule has 0 aliphatic carbocycles. The maximum atomic E-state index is 13.3. The fraction of sp³-hybridized carbons (Fsp3) is 0.333. The van der Waals surface area contributed by atoms with E-state index in [-0.39, 0.29) is 10.9 Å². The zero-order valence-electron chi connectivity index (χ0n) is 19.2. The lowest BCUT2D eigenvalue weighted by molar-refractivity contribution is 0.398. The van der Waals surface area contributed by atoms with E-state index >= 15 is 0 Å². The Morgan fingerprint density at radius 3 is 2.68 bits per heavy atom. The van der Waals surface area contributed by atoms with Gasteiger partial charge in [0, 0.05) is 43.1 Å². The molecule has 2 N–H and O–H groups in total. The number of pyridine rings is 2. The molecule has 1 saturated heterocycles. The average molecular weight is 502 g/mol. The maximum absolute atomic E-state index is 13.3. The Morgan fingerprint density at radius 1 is 1.12 bits per heavy atom. The van der Waals surface area contributed by atoms with Crippen molar-refractivity contribution in [3.05, 3.63) is 71.0 Å². The number of methoxy groups -OCH3 is 1. The van der Waals surface area contributed by atoms with Gasteiger partial charge >= 0.3 is 0 Å². The van der Waals surface area contributed by atoms with Gasteiger partial charge in [-0.25, -0.2) is 18.4 Å². The van der Waals surface area contributed by atoms with Gasteiger partial charge in [0.1, 0.15) is 22.3 Å². The standard InChI is InChI=1S/C24H28ClN5O3S/c1-17-6-3-10-23(29-17)27-15-19-8-5-13-30(19)34(31,32)20-11-12-22(28-16-20)26-14-18-7-4-9-21(25)24(18)33-2/h3-4,6-7,9-12,16,19H,5,8,13-15H2,1-2H3,(H,26,28)(H,27,29). The third-order valence-electron chi connectivity index (χ3n) is 5.79. The van der Waals surface area contributed by atoms with Crippen molar-refractivity contribution in [1.29, 1.82) is 0 Å². The molecule has 0 bridgehead atoms. The fourth-order valence-corrected chi connectivity index (χ4v) is 5.98. The molecular formula is C24H28ClN5O3S. The van der Waals surface area contributed by atoms with Crippen LogP contribution in [0, 0.1) is 6.92 Å². The van der Waals surface area contributed by atoms with Crippen molar-refractivity contribution >= 4 is 33.3 Å². The van der Waals surface area contributed by atoms with Crippen LogP contribution in [0.5, 0.6) is 5.75 Å². The first-order chi connectivity index (χ1) is 16.4. The molecule has 8 nitrogen and oxygen atoms in total. The zero-order chi connectivity index (χ0) is 24.1. The summed E-state index contributed by atoms with van der Waals surface area (Å²) in [5, 5.41) is 6.99. The SMILES string of the molecule is COc1c(Cl)cccc1CNc1ccc(S(=O)(=O)N2CCCC2CNc2cccc(C)n2)cn1. The highest BCUT2D eigenvalue weighted by Gasteiger charge is 2.35. The van der Waals surface area contributed by atoms with Crippen LogP contribution in [-0.2, 0) is 16.6 Å². The molecule has 3 aromatic rings. The number of anilines is 2. The highest BCUT2D eigenvalue weighted by Crippen LogP contribution is 2.29. The number of para-hydroxylation sites is 1. The number of nitrogens with one attached hydrogen (secondary N) is 2. The summed E-state index contributed by atoms with van der Waals surface area (Å²) >= 11 is 6.17. The Morgan fingerprint density at radius 2 is 1.94 bits per heavy atom. The lowest BCUT2D eigenvalue weighted by atomic mass is 10.2. The smallest absolute Gasteiger partial charge is 0.244 e. The summed E-state index contributed by atoms with van der Waals surface area (Å²) in [5.74, 6) is 1.91. The van der Waals surface area contributed by atoms with E-state index in [0.29, 0.717) is 36.2 Å². The summed E-state index contributed by atoms with van der Waals surface area (Å²) in [5.41, 5.74) is 1.79. The van der Waals surface area contributed by atoms with Crippen LogP contribution in [0.3, 0.4) is 0 Å². The third-order valence-corrected chi connectivity index (χ3v) is 8.02. The quantitative estimate of drug-likeness (QED) is 0.450. The normalized spacial score (nSPS) is 16.4. The molecule has 0 amide bonds. The Balaban J connectivity index is 1.41. The van der Waals surface area contributed by atoms with Gasteiger partial charge in [0.25, 0.3) is 0 Å². The second-order valence-corrected chi connectivity index (χ2v) is 10.4. The minimum atomic E-state index is -3.66. The Hall–Kier alpha value is -2.88. The summed E-state index contributed by atoms with van der Waals surface area (Å²) in [6, 6.07) is 14.4. The van der Waals surface area contributed by atoms with Crippen LogP contribution in [0.25, 0.3) is 0 Å². The van der Waals surface area contributed by atoms with Crippen molar-refractivity contribution in [2.75, 3.05) is 30.8 Å². The number of aromatic nitrogens is 2. The number of benzene rings is 1. The van der Waals surface area contributed by atoms with E-state index in [4.69, 9.17) is 16.3 Å². The van der Waals surface area contributed by atoms with E-state index in [0.717, 1.165) is 29.9 Å². The van der Waals surface area contributed by atoms with Crippen molar-refractivity contribution < 1.29 is 13.2 Å².